The number of hydrogen-bond acceptors (Lipinski definition) is 2. The molecule has 0 spiro atoms. The zero-order valence-electron chi connectivity index (χ0n) is 11.5. The van der Waals surface area contributed by atoms with Crippen LogP contribution in [0, 0.1) is 0 Å². The number of hydrogen-bond donors (Lipinski definition) is 1. The van der Waals surface area contributed by atoms with Crippen LogP contribution in [-0.4, -0.2) is 6.36 Å². The molecule has 0 aromatic heterocycles. The first-order chi connectivity index (χ1) is 9.85. The van der Waals surface area contributed by atoms with Crippen LogP contribution in [-0.2, 0) is 6.42 Å². The highest BCUT2D eigenvalue weighted by molar-refractivity contribution is 5.48. The summed E-state index contributed by atoms with van der Waals surface area (Å²) in [6.07, 6.45) is -4.09. The molecule has 0 saturated carbocycles. The Morgan fingerprint density at radius 3 is 2.48 bits per heavy atom. The van der Waals surface area contributed by atoms with E-state index < -0.39 is 6.36 Å². The van der Waals surface area contributed by atoms with Gasteiger partial charge >= 0.3 is 6.36 Å². The lowest BCUT2D eigenvalue weighted by molar-refractivity contribution is -0.274. The highest BCUT2D eigenvalue weighted by atomic mass is 19.4. The van der Waals surface area contributed by atoms with E-state index in [1.165, 1.54) is 12.1 Å². The lowest BCUT2D eigenvalue weighted by Gasteiger charge is -2.15. The monoisotopic (exact) mass is 295 g/mol. The van der Waals surface area contributed by atoms with Gasteiger partial charge in [0.15, 0.2) is 0 Å². The molecule has 0 radical (unpaired) electrons. The average Bonchev–Trinajstić information content (AvgIpc) is 2.37. The molecule has 2 aromatic rings. The lowest BCUT2D eigenvalue weighted by Crippen LogP contribution is -2.17. The number of rotatable bonds is 4. The van der Waals surface area contributed by atoms with Crippen LogP contribution in [0.1, 0.15) is 24.0 Å². The van der Waals surface area contributed by atoms with E-state index in [2.05, 4.69) is 4.74 Å². The second-order valence-corrected chi connectivity index (χ2v) is 4.93. The summed E-state index contributed by atoms with van der Waals surface area (Å²) in [6, 6.07) is 13.5. The number of nitrogen functional groups attached to an aromatic ring is 1. The number of ether oxygens (including phenoxy) is 1. The summed E-state index contributed by atoms with van der Waals surface area (Å²) in [4.78, 5) is 0. The van der Waals surface area contributed by atoms with E-state index in [0.29, 0.717) is 12.1 Å². The van der Waals surface area contributed by atoms with Crippen LogP contribution in [0.5, 0.6) is 5.75 Å². The number of nitrogens with two attached hydrogens (primary N) is 1. The Morgan fingerprint density at radius 1 is 1.10 bits per heavy atom. The topological polar surface area (TPSA) is 35.2 Å². The van der Waals surface area contributed by atoms with Gasteiger partial charge in [-0.1, -0.05) is 37.3 Å². The predicted molar refractivity (Wildman–Crippen MR) is 76.1 cm³/mol. The zero-order valence-corrected chi connectivity index (χ0v) is 11.5. The van der Waals surface area contributed by atoms with Gasteiger partial charge in [0.1, 0.15) is 5.75 Å². The zero-order chi connectivity index (χ0) is 15.5. The maximum absolute atomic E-state index is 12.2. The minimum Gasteiger partial charge on any atom is -0.406 e. The quantitative estimate of drug-likeness (QED) is 0.842. The number of benzene rings is 2. The molecule has 112 valence electrons. The van der Waals surface area contributed by atoms with Crippen molar-refractivity contribution in [3.05, 3.63) is 59.7 Å². The van der Waals surface area contributed by atoms with Crippen molar-refractivity contribution in [2.75, 3.05) is 5.73 Å². The first kappa shape index (κ1) is 15.2. The molecule has 0 fully saturated rings. The smallest absolute Gasteiger partial charge is 0.406 e. The molecule has 1 atom stereocenters. The normalized spacial score (nSPS) is 13.0. The van der Waals surface area contributed by atoms with Gasteiger partial charge in [0.2, 0.25) is 0 Å². The minimum absolute atomic E-state index is 0.104. The Kier molecular flexibility index (Phi) is 4.40. The highest BCUT2D eigenvalue weighted by Gasteiger charge is 2.31. The molecule has 0 amide bonds. The average molecular weight is 295 g/mol. The van der Waals surface area contributed by atoms with Crippen LogP contribution >= 0.6 is 0 Å². The lowest BCUT2D eigenvalue weighted by atomic mass is 9.92. The largest absolute Gasteiger partial charge is 0.573 e. The molecule has 0 aliphatic heterocycles. The van der Waals surface area contributed by atoms with Crippen molar-refractivity contribution in [3.63, 3.8) is 0 Å². The van der Waals surface area contributed by atoms with Crippen molar-refractivity contribution >= 4 is 5.69 Å². The fraction of sp³-hybridized carbons (Fsp3) is 0.250. The molecular formula is C16H16F3NO. The molecule has 21 heavy (non-hydrogen) atoms. The molecule has 0 heterocycles. The summed E-state index contributed by atoms with van der Waals surface area (Å²) in [5.74, 6) is -0.0967. The molecule has 2 N–H and O–H groups in total. The minimum atomic E-state index is -4.67. The van der Waals surface area contributed by atoms with Crippen molar-refractivity contribution in [1.29, 1.82) is 0 Å². The molecule has 0 saturated heterocycles. The van der Waals surface area contributed by atoms with Crippen molar-refractivity contribution in [2.45, 2.75) is 25.6 Å². The first-order valence-electron chi connectivity index (χ1n) is 6.54. The number of alkyl halides is 3. The predicted octanol–water partition coefficient (Wildman–Crippen LogP) is 4.51. The van der Waals surface area contributed by atoms with E-state index in [1.54, 1.807) is 12.1 Å². The highest BCUT2D eigenvalue weighted by Crippen LogP contribution is 2.28. The second kappa shape index (κ2) is 6.08. The van der Waals surface area contributed by atoms with Crippen molar-refractivity contribution in [2.24, 2.45) is 0 Å². The molecule has 2 aromatic carbocycles. The van der Waals surface area contributed by atoms with Crippen LogP contribution in [0.4, 0.5) is 18.9 Å². The molecule has 0 bridgehead atoms. The van der Waals surface area contributed by atoms with Gasteiger partial charge in [-0.3, -0.25) is 0 Å². The first-order valence-corrected chi connectivity index (χ1v) is 6.54. The molecule has 0 aliphatic rings. The Bertz CT molecular complexity index is 610. The van der Waals surface area contributed by atoms with Gasteiger partial charge in [0, 0.05) is 5.69 Å². The summed E-state index contributed by atoms with van der Waals surface area (Å²) in [6.45, 7) is 1.99. The Labute approximate surface area is 121 Å². The van der Waals surface area contributed by atoms with Gasteiger partial charge in [-0.25, -0.2) is 0 Å². The molecule has 0 aliphatic carbocycles. The van der Waals surface area contributed by atoms with Crippen molar-refractivity contribution in [3.8, 4) is 5.75 Å². The standard InChI is InChI=1S/C16H16F3NO/c1-11(14-7-2-3-8-15(14)20)9-12-5-4-6-13(10-12)21-16(17,18)19/h2-8,10-11H,9,20H2,1H3. The van der Waals surface area contributed by atoms with Crippen LogP contribution in [0.3, 0.4) is 0 Å². The maximum Gasteiger partial charge on any atom is 0.573 e. The molecule has 1 unspecified atom stereocenters. The van der Waals surface area contributed by atoms with Gasteiger partial charge in [0.05, 0.1) is 0 Å². The summed E-state index contributed by atoms with van der Waals surface area (Å²) in [7, 11) is 0. The van der Waals surface area contributed by atoms with E-state index in [0.717, 1.165) is 11.1 Å². The maximum atomic E-state index is 12.2. The molecule has 2 nitrogen and oxygen atoms in total. The third kappa shape index (κ3) is 4.41. The third-order valence-electron chi connectivity index (χ3n) is 3.20. The Morgan fingerprint density at radius 2 is 1.81 bits per heavy atom. The fourth-order valence-corrected chi connectivity index (χ4v) is 2.29. The summed E-state index contributed by atoms with van der Waals surface area (Å²) < 4.78 is 40.6. The van der Waals surface area contributed by atoms with Crippen LogP contribution in [0.15, 0.2) is 48.5 Å². The third-order valence-corrected chi connectivity index (χ3v) is 3.20. The van der Waals surface area contributed by atoms with E-state index >= 15 is 0 Å². The second-order valence-electron chi connectivity index (χ2n) is 4.93. The summed E-state index contributed by atoms with van der Waals surface area (Å²) >= 11 is 0. The van der Waals surface area contributed by atoms with Crippen molar-refractivity contribution < 1.29 is 17.9 Å². The van der Waals surface area contributed by atoms with Gasteiger partial charge in [0.25, 0.3) is 0 Å². The number of halogens is 3. The van der Waals surface area contributed by atoms with Crippen molar-refractivity contribution in [1.82, 2.24) is 0 Å². The number of para-hydroxylation sites is 1. The summed E-state index contributed by atoms with van der Waals surface area (Å²) in [5, 5.41) is 0. The van der Waals surface area contributed by atoms with Gasteiger partial charge in [-0.15, -0.1) is 13.2 Å². The van der Waals surface area contributed by atoms with Gasteiger partial charge in [-0.05, 0) is 41.7 Å². The van der Waals surface area contributed by atoms with E-state index in [-0.39, 0.29) is 11.7 Å². The number of anilines is 1. The van der Waals surface area contributed by atoms with E-state index in [4.69, 9.17) is 5.73 Å². The summed E-state index contributed by atoms with van der Waals surface area (Å²) in [5.41, 5.74) is 8.36. The van der Waals surface area contributed by atoms with E-state index in [1.807, 2.05) is 31.2 Å². The van der Waals surface area contributed by atoms with Gasteiger partial charge < -0.3 is 10.5 Å². The molecule has 2 rings (SSSR count). The van der Waals surface area contributed by atoms with Crippen LogP contribution in [0.25, 0.3) is 0 Å². The van der Waals surface area contributed by atoms with Gasteiger partial charge in [-0.2, -0.15) is 0 Å². The molecule has 5 heteroatoms. The molecular weight excluding hydrogens is 279 g/mol. The van der Waals surface area contributed by atoms with Crippen LogP contribution in [0.2, 0.25) is 0 Å². The van der Waals surface area contributed by atoms with Crippen LogP contribution < -0.4 is 10.5 Å². The Hall–Kier alpha value is -2.17. The van der Waals surface area contributed by atoms with E-state index in [9.17, 15) is 13.2 Å². The SMILES string of the molecule is CC(Cc1cccc(OC(F)(F)F)c1)c1ccccc1N. The Balaban J connectivity index is 2.13. The fourth-order valence-electron chi connectivity index (χ4n) is 2.29.